The van der Waals surface area contributed by atoms with Crippen molar-refractivity contribution >= 4 is 0 Å². The molecule has 0 aromatic heterocycles. The van der Waals surface area contributed by atoms with Crippen LogP contribution in [0.1, 0.15) is 65.7 Å². The van der Waals surface area contributed by atoms with Gasteiger partial charge in [0.1, 0.15) is 0 Å². The lowest BCUT2D eigenvalue weighted by Gasteiger charge is -2.27. The molecule has 3 atom stereocenters. The second-order valence-electron chi connectivity index (χ2n) is 6.32. The maximum absolute atomic E-state index is 9.62. The molecule has 0 radical (unpaired) electrons. The first kappa shape index (κ1) is 15.0. The first-order valence-electron chi connectivity index (χ1n) is 7.49. The van der Waals surface area contributed by atoms with Gasteiger partial charge in [0, 0.05) is 6.04 Å². The number of hydrogen-bond acceptors (Lipinski definition) is 2. The van der Waals surface area contributed by atoms with Crippen LogP contribution in [0.25, 0.3) is 0 Å². The van der Waals surface area contributed by atoms with Crippen molar-refractivity contribution in [3.63, 3.8) is 0 Å². The Morgan fingerprint density at radius 1 is 1.18 bits per heavy atom. The molecular formula is C15H31NO. The summed E-state index contributed by atoms with van der Waals surface area (Å²) in [4.78, 5) is 0. The molecule has 0 aromatic rings. The molecular weight excluding hydrogens is 210 g/mol. The minimum atomic E-state index is -0.0354. The Labute approximate surface area is 107 Å². The normalized spacial score (nSPS) is 27.4. The van der Waals surface area contributed by atoms with E-state index in [4.69, 9.17) is 0 Å². The molecule has 17 heavy (non-hydrogen) atoms. The fourth-order valence-corrected chi connectivity index (χ4v) is 2.75. The zero-order chi connectivity index (χ0) is 12.7. The molecule has 102 valence electrons. The van der Waals surface area contributed by atoms with Crippen molar-refractivity contribution in [2.45, 2.75) is 77.9 Å². The van der Waals surface area contributed by atoms with E-state index in [1.807, 2.05) is 0 Å². The third-order valence-electron chi connectivity index (χ3n) is 3.93. The molecule has 0 heterocycles. The van der Waals surface area contributed by atoms with Gasteiger partial charge < -0.3 is 10.4 Å². The number of nitrogens with one attached hydrogen (secondary N) is 1. The van der Waals surface area contributed by atoms with Crippen LogP contribution in [-0.4, -0.2) is 23.8 Å². The molecule has 1 saturated carbocycles. The molecule has 1 aliphatic carbocycles. The van der Waals surface area contributed by atoms with Gasteiger partial charge >= 0.3 is 0 Å². The highest BCUT2D eigenvalue weighted by Crippen LogP contribution is 2.23. The molecule has 2 nitrogen and oxygen atoms in total. The largest absolute Gasteiger partial charge is 0.393 e. The Balaban J connectivity index is 2.04. The monoisotopic (exact) mass is 241 g/mol. The van der Waals surface area contributed by atoms with Gasteiger partial charge in [-0.3, -0.25) is 0 Å². The van der Waals surface area contributed by atoms with Gasteiger partial charge in [-0.15, -0.1) is 0 Å². The molecule has 2 heteroatoms. The lowest BCUT2D eigenvalue weighted by Crippen LogP contribution is -2.34. The number of aliphatic hydroxyl groups is 1. The molecule has 0 spiro atoms. The van der Waals surface area contributed by atoms with Crippen LogP contribution < -0.4 is 5.32 Å². The molecule has 0 saturated heterocycles. The maximum atomic E-state index is 9.62. The number of rotatable bonds is 7. The lowest BCUT2D eigenvalue weighted by atomic mass is 9.87. The Morgan fingerprint density at radius 3 is 2.59 bits per heavy atom. The first-order valence-corrected chi connectivity index (χ1v) is 7.49. The predicted molar refractivity (Wildman–Crippen MR) is 74.1 cm³/mol. The van der Waals surface area contributed by atoms with E-state index >= 15 is 0 Å². The maximum Gasteiger partial charge on any atom is 0.0543 e. The molecule has 0 amide bonds. The number of aliphatic hydroxyl groups excluding tert-OH is 1. The summed E-state index contributed by atoms with van der Waals surface area (Å²) in [6.45, 7) is 7.97. The Hall–Kier alpha value is -0.0800. The zero-order valence-corrected chi connectivity index (χ0v) is 11.9. The van der Waals surface area contributed by atoms with E-state index < -0.39 is 0 Å². The highest BCUT2D eigenvalue weighted by molar-refractivity contribution is 4.75. The molecule has 0 aliphatic heterocycles. The van der Waals surface area contributed by atoms with E-state index in [0.717, 1.165) is 25.3 Å². The van der Waals surface area contributed by atoms with Crippen molar-refractivity contribution in [2.75, 3.05) is 6.54 Å². The van der Waals surface area contributed by atoms with Gasteiger partial charge in [-0.1, -0.05) is 33.1 Å². The van der Waals surface area contributed by atoms with Gasteiger partial charge in [-0.25, -0.2) is 0 Å². The van der Waals surface area contributed by atoms with Crippen LogP contribution in [0.5, 0.6) is 0 Å². The summed E-state index contributed by atoms with van der Waals surface area (Å²) in [6, 6.07) is 0.632. The summed E-state index contributed by atoms with van der Waals surface area (Å²) < 4.78 is 0. The van der Waals surface area contributed by atoms with E-state index in [1.165, 1.54) is 32.1 Å². The van der Waals surface area contributed by atoms with Crippen molar-refractivity contribution in [3.05, 3.63) is 0 Å². The first-order chi connectivity index (χ1) is 8.08. The molecule has 3 unspecified atom stereocenters. The van der Waals surface area contributed by atoms with Crippen molar-refractivity contribution < 1.29 is 5.11 Å². The molecule has 1 rings (SSSR count). The average Bonchev–Trinajstić information content (AvgIpc) is 2.26. The van der Waals surface area contributed by atoms with E-state index in [2.05, 4.69) is 26.1 Å². The van der Waals surface area contributed by atoms with Crippen molar-refractivity contribution in [3.8, 4) is 0 Å². The number of hydrogen-bond donors (Lipinski definition) is 2. The average molecular weight is 241 g/mol. The summed E-state index contributed by atoms with van der Waals surface area (Å²) in [5, 5.41) is 13.3. The van der Waals surface area contributed by atoms with E-state index in [0.29, 0.717) is 12.0 Å². The van der Waals surface area contributed by atoms with Gasteiger partial charge in [0.05, 0.1) is 6.10 Å². The smallest absolute Gasteiger partial charge is 0.0543 e. The fraction of sp³-hybridized carbons (Fsp3) is 1.00. The van der Waals surface area contributed by atoms with E-state index in [-0.39, 0.29) is 6.10 Å². The SMILES string of the molecule is CC(C)CCCC(C)NCC1CCCC(O)C1. The van der Waals surface area contributed by atoms with Crippen LogP contribution in [0.3, 0.4) is 0 Å². The minimum Gasteiger partial charge on any atom is -0.393 e. The fourth-order valence-electron chi connectivity index (χ4n) is 2.75. The molecule has 0 bridgehead atoms. The van der Waals surface area contributed by atoms with Crippen LogP contribution in [0, 0.1) is 11.8 Å². The summed E-state index contributed by atoms with van der Waals surface area (Å²) in [7, 11) is 0. The Kier molecular flexibility index (Phi) is 7.14. The minimum absolute atomic E-state index is 0.0354. The summed E-state index contributed by atoms with van der Waals surface area (Å²) in [5.41, 5.74) is 0. The van der Waals surface area contributed by atoms with Crippen LogP contribution in [0.4, 0.5) is 0 Å². The van der Waals surface area contributed by atoms with E-state index in [9.17, 15) is 5.11 Å². The van der Waals surface area contributed by atoms with Crippen LogP contribution in [0.15, 0.2) is 0 Å². The van der Waals surface area contributed by atoms with Crippen molar-refractivity contribution in [1.82, 2.24) is 5.32 Å². The molecule has 1 fully saturated rings. The molecule has 2 N–H and O–H groups in total. The van der Waals surface area contributed by atoms with Gasteiger partial charge in [0.2, 0.25) is 0 Å². The molecule has 1 aliphatic rings. The summed E-state index contributed by atoms with van der Waals surface area (Å²) in [5.74, 6) is 1.53. The Bertz CT molecular complexity index is 193. The standard InChI is InChI=1S/C15H31NO/c1-12(2)6-4-7-13(3)16-11-14-8-5-9-15(17)10-14/h12-17H,4-11H2,1-3H3. The van der Waals surface area contributed by atoms with Crippen molar-refractivity contribution in [1.29, 1.82) is 0 Å². The Morgan fingerprint density at radius 2 is 1.94 bits per heavy atom. The quantitative estimate of drug-likeness (QED) is 0.716. The molecule has 0 aromatic carbocycles. The van der Waals surface area contributed by atoms with Crippen molar-refractivity contribution in [2.24, 2.45) is 11.8 Å². The second kappa shape index (κ2) is 8.10. The van der Waals surface area contributed by atoms with Crippen LogP contribution >= 0.6 is 0 Å². The summed E-state index contributed by atoms with van der Waals surface area (Å²) >= 11 is 0. The zero-order valence-electron chi connectivity index (χ0n) is 11.9. The van der Waals surface area contributed by atoms with Gasteiger partial charge in [-0.05, 0) is 51.0 Å². The highest BCUT2D eigenvalue weighted by Gasteiger charge is 2.20. The third kappa shape index (κ3) is 7.05. The third-order valence-corrected chi connectivity index (χ3v) is 3.93. The van der Waals surface area contributed by atoms with Crippen LogP contribution in [0.2, 0.25) is 0 Å². The topological polar surface area (TPSA) is 32.3 Å². The van der Waals surface area contributed by atoms with Gasteiger partial charge in [-0.2, -0.15) is 0 Å². The van der Waals surface area contributed by atoms with Gasteiger partial charge in [0.25, 0.3) is 0 Å². The van der Waals surface area contributed by atoms with Crippen LogP contribution in [-0.2, 0) is 0 Å². The van der Waals surface area contributed by atoms with E-state index in [1.54, 1.807) is 0 Å². The summed E-state index contributed by atoms with van der Waals surface area (Å²) in [6.07, 6.45) is 8.44. The lowest BCUT2D eigenvalue weighted by molar-refractivity contribution is 0.0996. The highest BCUT2D eigenvalue weighted by atomic mass is 16.3. The van der Waals surface area contributed by atoms with Gasteiger partial charge in [0.15, 0.2) is 0 Å². The second-order valence-corrected chi connectivity index (χ2v) is 6.32. The predicted octanol–water partition coefficient (Wildman–Crippen LogP) is 3.34.